The zero-order chi connectivity index (χ0) is 20.1. The third-order valence-electron chi connectivity index (χ3n) is 7.60. The van der Waals surface area contributed by atoms with Gasteiger partial charge in [0, 0.05) is 18.5 Å². The number of anilines is 1. The standard InChI is InChI=1S/C24H30N2O2S/c1-26(29(27,28)17-18-7-3-2-4-8-18)20-11-10-19-15-23-21-9-5-6-12-24(21,13-14-25-23)22(19)16-20/h2-4,7-8,10-11,16,21,23,25H,5-6,9,12-15,17H2,1H3/t21-,23+,24+/m0/s1. The third kappa shape index (κ3) is 3.19. The molecule has 1 heterocycles. The van der Waals surface area contributed by atoms with E-state index >= 15 is 0 Å². The van der Waals surface area contributed by atoms with Crippen LogP contribution in [0.3, 0.4) is 0 Å². The van der Waals surface area contributed by atoms with E-state index in [9.17, 15) is 8.42 Å². The van der Waals surface area contributed by atoms with E-state index in [4.69, 9.17) is 0 Å². The van der Waals surface area contributed by atoms with Gasteiger partial charge in [-0.1, -0.05) is 49.2 Å². The average molecular weight is 411 g/mol. The van der Waals surface area contributed by atoms with Crippen molar-refractivity contribution >= 4 is 15.7 Å². The van der Waals surface area contributed by atoms with E-state index in [0.717, 1.165) is 24.2 Å². The highest BCUT2D eigenvalue weighted by Crippen LogP contribution is 2.54. The molecule has 5 heteroatoms. The van der Waals surface area contributed by atoms with Crippen LogP contribution in [0.1, 0.15) is 48.8 Å². The first kappa shape index (κ1) is 19.1. The number of hydrogen-bond donors (Lipinski definition) is 1. The molecule has 1 saturated heterocycles. The van der Waals surface area contributed by atoms with Gasteiger partial charge in [-0.05, 0) is 67.0 Å². The Morgan fingerprint density at radius 3 is 2.76 bits per heavy atom. The molecule has 4 nitrogen and oxygen atoms in total. The molecule has 0 spiro atoms. The smallest absolute Gasteiger partial charge is 0.239 e. The van der Waals surface area contributed by atoms with Crippen molar-refractivity contribution in [3.8, 4) is 0 Å². The van der Waals surface area contributed by atoms with E-state index in [-0.39, 0.29) is 11.2 Å². The van der Waals surface area contributed by atoms with Crippen LogP contribution in [0.2, 0.25) is 0 Å². The summed E-state index contributed by atoms with van der Waals surface area (Å²) in [6, 6.07) is 16.4. The molecule has 0 amide bonds. The van der Waals surface area contributed by atoms with Crippen LogP contribution in [-0.4, -0.2) is 28.1 Å². The summed E-state index contributed by atoms with van der Waals surface area (Å²) in [6.07, 6.45) is 7.39. The summed E-state index contributed by atoms with van der Waals surface area (Å²) in [5.74, 6) is 0.722. The molecule has 1 saturated carbocycles. The van der Waals surface area contributed by atoms with E-state index in [0.29, 0.717) is 12.0 Å². The quantitative estimate of drug-likeness (QED) is 0.829. The first-order valence-electron chi connectivity index (χ1n) is 10.9. The Kier molecular flexibility index (Phi) is 4.71. The first-order chi connectivity index (χ1) is 14.0. The maximum atomic E-state index is 13.1. The molecule has 2 fully saturated rings. The number of fused-ring (bicyclic) bond motifs is 1. The normalized spacial score (nSPS) is 28.3. The number of piperidine rings is 1. The van der Waals surface area contributed by atoms with Crippen LogP contribution in [-0.2, 0) is 27.6 Å². The maximum Gasteiger partial charge on any atom is 0.239 e. The van der Waals surface area contributed by atoms with Gasteiger partial charge < -0.3 is 5.32 Å². The third-order valence-corrected chi connectivity index (χ3v) is 9.35. The van der Waals surface area contributed by atoms with Gasteiger partial charge in [-0.3, -0.25) is 4.31 Å². The topological polar surface area (TPSA) is 49.4 Å². The molecular weight excluding hydrogens is 380 g/mol. The molecule has 1 aliphatic heterocycles. The SMILES string of the molecule is CN(c1ccc2c(c1)[C@@]13CCCC[C@H]1[C@@H](C2)NCC3)S(=O)(=O)Cc1ccccc1. The second-order valence-electron chi connectivity index (χ2n) is 9.07. The fraction of sp³-hybridized carbons (Fsp3) is 0.500. The molecule has 1 N–H and O–H groups in total. The molecule has 3 aliphatic rings. The first-order valence-corrected chi connectivity index (χ1v) is 12.5. The lowest BCUT2D eigenvalue weighted by atomic mass is 9.53. The second kappa shape index (κ2) is 7.13. The Hall–Kier alpha value is -1.85. The summed E-state index contributed by atoms with van der Waals surface area (Å²) >= 11 is 0. The highest BCUT2D eigenvalue weighted by molar-refractivity contribution is 7.92. The van der Waals surface area contributed by atoms with Gasteiger partial charge in [0.15, 0.2) is 0 Å². The summed E-state index contributed by atoms with van der Waals surface area (Å²) in [6.45, 7) is 1.08. The minimum Gasteiger partial charge on any atom is -0.313 e. The Bertz CT molecular complexity index is 1000. The molecular formula is C24H30N2O2S. The zero-order valence-electron chi connectivity index (χ0n) is 17.1. The van der Waals surface area contributed by atoms with Crippen molar-refractivity contribution in [1.82, 2.24) is 5.32 Å². The number of sulfonamides is 1. The zero-order valence-corrected chi connectivity index (χ0v) is 17.9. The van der Waals surface area contributed by atoms with Crippen LogP contribution in [0.5, 0.6) is 0 Å². The maximum absolute atomic E-state index is 13.1. The van der Waals surface area contributed by atoms with Gasteiger partial charge in [-0.2, -0.15) is 0 Å². The largest absolute Gasteiger partial charge is 0.313 e. The monoisotopic (exact) mass is 410 g/mol. The Balaban J connectivity index is 1.51. The summed E-state index contributed by atoms with van der Waals surface area (Å²) < 4.78 is 27.6. The molecule has 2 bridgehead atoms. The minimum atomic E-state index is -3.42. The predicted octanol–water partition coefficient (Wildman–Crippen LogP) is 4.00. The molecule has 29 heavy (non-hydrogen) atoms. The summed E-state index contributed by atoms with van der Waals surface area (Å²) in [5.41, 5.74) is 4.71. The molecule has 0 radical (unpaired) electrons. The van der Waals surface area contributed by atoms with Gasteiger partial charge in [-0.25, -0.2) is 8.42 Å². The van der Waals surface area contributed by atoms with Crippen LogP contribution in [0.25, 0.3) is 0 Å². The predicted molar refractivity (Wildman–Crippen MR) is 118 cm³/mol. The molecule has 2 aliphatic carbocycles. The van der Waals surface area contributed by atoms with Crippen molar-refractivity contribution in [2.75, 3.05) is 17.9 Å². The number of nitrogens with one attached hydrogen (secondary N) is 1. The molecule has 3 atom stereocenters. The van der Waals surface area contributed by atoms with Crippen molar-refractivity contribution in [3.05, 3.63) is 65.2 Å². The Morgan fingerprint density at radius 1 is 1.10 bits per heavy atom. The lowest BCUT2D eigenvalue weighted by molar-refractivity contribution is 0.0798. The van der Waals surface area contributed by atoms with Gasteiger partial charge in [-0.15, -0.1) is 0 Å². The van der Waals surface area contributed by atoms with Crippen LogP contribution in [0.4, 0.5) is 5.69 Å². The summed E-state index contributed by atoms with van der Waals surface area (Å²) in [4.78, 5) is 0. The number of hydrogen-bond acceptors (Lipinski definition) is 3. The average Bonchev–Trinajstić information content (AvgIpc) is 2.73. The van der Waals surface area contributed by atoms with Crippen LogP contribution in [0, 0.1) is 5.92 Å². The summed E-state index contributed by atoms with van der Waals surface area (Å²) in [7, 11) is -1.73. The lowest BCUT2D eigenvalue weighted by Crippen LogP contribution is -2.59. The van der Waals surface area contributed by atoms with Crippen molar-refractivity contribution in [3.63, 3.8) is 0 Å². The van der Waals surface area contributed by atoms with Gasteiger partial charge >= 0.3 is 0 Å². The number of nitrogens with zero attached hydrogens (tertiary/aromatic N) is 1. The molecule has 0 unspecified atom stereocenters. The van der Waals surface area contributed by atoms with Crippen molar-refractivity contribution in [2.45, 2.75) is 55.7 Å². The minimum absolute atomic E-state index is 0.0290. The number of benzene rings is 2. The van der Waals surface area contributed by atoms with Gasteiger partial charge in [0.05, 0.1) is 11.4 Å². The van der Waals surface area contributed by atoms with Crippen molar-refractivity contribution in [2.24, 2.45) is 5.92 Å². The molecule has 2 aromatic carbocycles. The highest BCUT2D eigenvalue weighted by Gasteiger charge is 2.51. The summed E-state index contributed by atoms with van der Waals surface area (Å²) in [5, 5.41) is 3.77. The molecule has 154 valence electrons. The van der Waals surface area contributed by atoms with E-state index in [2.05, 4.69) is 17.4 Å². The number of rotatable bonds is 4. The Morgan fingerprint density at radius 2 is 1.93 bits per heavy atom. The molecule has 2 aromatic rings. The van der Waals surface area contributed by atoms with Crippen molar-refractivity contribution in [1.29, 1.82) is 0 Å². The van der Waals surface area contributed by atoms with Crippen molar-refractivity contribution < 1.29 is 8.42 Å². The fourth-order valence-corrected chi connectivity index (χ4v) is 7.39. The van der Waals surface area contributed by atoms with E-state index in [1.165, 1.54) is 47.5 Å². The highest BCUT2D eigenvalue weighted by atomic mass is 32.2. The van der Waals surface area contributed by atoms with E-state index < -0.39 is 10.0 Å². The van der Waals surface area contributed by atoms with Gasteiger partial charge in [0.2, 0.25) is 10.0 Å². The van der Waals surface area contributed by atoms with E-state index in [1.54, 1.807) is 7.05 Å². The molecule has 0 aromatic heterocycles. The molecule has 5 rings (SSSR count). The van der Waals surface area contributed by atoms with Crippen LogP contribution >= 0.6 is 0 Å². The fourth-order valence-electron chi connectivity index (χ4n) is 6.15. The van der Waals surface area contributed by atoms with E-state index in [1.807, 2.05) is 36.4 Å². The lowest BCUT2D eigenvalue weighted by Gasteiger charge is -2.56. The Labute approximate surface area is 174 Å². The van der Waals surface area contributed by atoms with Crippen LogP contribution < -0.4 is 9.62 Å². The second-order valence-corrected chi connectivity index (χ2v) is 11.1. The van der Waals surface area contributed by atoms with Gasteiger partial charge in [0.25, 0.3) is 0 Å². The van der Waals surface area contributed by atoms with Gasteiger partial charge in [0.1, 0.15) is 0 Å². The van der Waals surface area contributed by atoms with Crippen LogP contribution in [0.15, 0.2) is 48.5 Å².